The third-order valence-electron chi connectivity index (χ3n) is 1.79. The summed E-state index contributed by atoms with van der Waals surface area (Å²) in [6.07, 6.45) is 0. The molecule has 1 heterocycles. The molecule has 0 saturated carbocycles. The summed E-state index contributed by atoms with van der Waals surface area (Å²) in [7, 11) is 0. The summed E-state index contributed by atoms with van der Waals surface area (Å²) >= 11 is 9.33. The van der Waals surface area contributed by atoms with Crippen LogP contribution in [0.1, 0.15) is 5.56 Å². The molecular formula is C9H4BrNS2. The van der Waals surface area contributed by atoms with Crippen molar-refractivity contribution in [3.8, 4) is 6.07 Å². The van der Waals surface area contributed by atoms with Gasteiger partial charge in [0, 0.05) is 19.5 Å². The van der Waals surface area contributed by atoms with Gasteiger partial charge in [-0.25, -0.2) is 0 Å². The first-order chi connectivity index (χ1) is 6.24. The highest BCUT2D eigenvalue weighted by atomic mass is 79.9. The standard InChI is InChI=1S/C9H4BrNS2/c10-8-5(4-11)3-7-6(9(8)12)1-2-13-7/h1-3,12H. The van der Waals surface area contributed by atoms with E-state index in [1.807, 2.05) is 17.5 Å². The van der Waals surface area contributed by atoms with Gasteiger partial charge in [-0.3, -0.25) is 0 Å². The minimum atomic E-state index is 0.639. The van der Waals surface area contributed by atoms with Gasteiger partial charge in [-0.15, -0.1) is 24.0 Å². The number of hydrogen-bond acceptors (Lipinski definition) is 3. The lowest BCUT2D eigenvalue weighted by atomic mass is 10.2. The lowest BCUT2D eigenvalue weighted by Crippen LogP contribution is -1.79. The molecule has 0 fully saturated rings. The number of benzene rings is 1. The Morgan fingerprint density at radius 1 is 1.54 bits per heavy atom. The van der Waals surface area contributed by atoms with Crippen molar-refractivity contribution in [2.24, 2.45) is 0 Å². The Balaban J connectivity index is 2.94. The van der Waals surface area contributed by atoms with E-state index in [1.165, 1.54) is 0 Å². The third kappa shape index (κ3) is 1.37. The van der Waals surface area contributed by atoms with Gasteiger partial charge in [-0.05, 0) is 33.4 Å². The van der Waals surface area contributed by atoms with Gasteiger partial charge in [0.25, 0.3) is 0 Å². The topological polar surface area (TPSA) is 23.8 Å². The summed E-state index contributed by atoms with van der Waals surface area (Å²) in [4.78, 5) is 0.843. The van der Waals surface area contributed by atoms with E-state index in [9.17, 15) is 0 Å². The molecule has 2 rings (SSSR count). The van der Waals surface area contributed by atoms with Crippen molar-refractivity contribution >= 4 is 50.0 Å². The molecule has 0 aliphatic rings. The van der Waals surface area contributed by atoms with Gasteiger partial charge in [-0.2, -0.15) is 5.26 Å². The van der Waals surface area contributed by atoms with Crippen LogP contribution < -0.4 is 0 Å². The molecule has 4 heteroatoms. The van der Waals surface area contributed by atoms with Crippen molar-refractivity contribution in [2.75, 3.05) is 0 Å². The fourth-order valence-electron chi connectivity index (χ4n) is 1.15. The van der Waals surface area contributed by atoms with Crippen LogP contribution in [0.25, 0.3) is 10.1 Å². The van der Waals surface area contributed by atoms with E-state index in [0.717, 1.165) is 19.5 Å². The minimum Gasteiger partial charge on any atom is -0.192 e. The molecule has 0 saturated heterocycles. The Hall–Kier alpha value is -0.500. The predicted octanol–water partition coefficient (Wildman–Crippen LogP) is 3.82. The summed E-state index contributed by atoms with van der Waals surface area (Å²) in [6.45, 7) is 0. The average Bonchev–Trinajstić information content (AvgIpc) is 2.59. The molecule has 0 spiro atoms. The van der Waals surface area contributed by atoms with Crippen molar-refractivity contribution < 1.29 is 0 Å². The summed E-state index contributed by atoms with van der Waals surface area (Å²) < 4.78 is 1.88. The number of nitrogens with zero attached hydrogens (tertiary/aromatic N) is 1. The SMILES string of the molecule is N#Cc1cc2sccc2c(S)c1Br. The zero-order valence-electron chi connectivity index (χ0n) is 6.41. The van der Waals surface area contributed by atoms with Crippen LogP contribution in [0.3, 0.4) is 0 Å². The van der Waals surface area contributed by atoms with Gasteiger partial charge in [0.2, 0.25) is 0 Å². The molecule has 0 atom stereocenters. The molecular weight excluding hydrogens is 266 g/mol. The van der Waals surface area contributed by atoms with E-state index in [0.29, 0.717) is 5.56 Å². The summed E-state index contributed by atoms with van der Waals surface area (Å²) in [5.41, 5.74) is 0.639. The van der Waals surface area contributed by atoms with Crippen LogP contribution in [0.15, 0.2) is 26.9 Å². The van der Waals surface area contributed by atoms with Gasteiger partial charge in [0.1, 0.15) is 6.07 Å². The summed E-state index contributed by atoms with van der Waals surface area (Å²) in [5.74, 6) is 0. The van der Waals surface area contributed by atoms with Gasteiger partial charge < -0.3 is 0 Å². The molecule has 1 aromatic carbocycles. The first-order valence-corrected chi connectivity index (χ1v) is 5.65. The summed E-state index contributed by atoms with van der Waals surface area (Å²) in [5, 5.41) is 11.9. The molecule has 13 heavy (non-hydrogen) atoms. The first-order valence-electron chi connectivity index (χ1n) is 3.53. The maximum atomic E-state index is 8.83. The second-order valence-electron chi connectivity index (χ2n) is 2.53. The quantitative estimate of drug-likeness (QED) is 0.723. The largest absolute Gasteiger partial charge is 0.192 e. The van der Waals surface area contributed by atoms with E-state index in [4.69, 9.17) is 5.26 Å². The van der Waals surface area contributed by atoms with Crippen LogP contribution in [0.2, 0.25) is 0 Å². The maximum Gasteiger partial charge on any atom is 0.100 e. The smallest absolute Gasteiger partial charge is 0.100 e. The first kappa shape index (κ1) is 9.07. The number of rotatable bonds is 0. The maximum absolute atomic E-state index is 8.83. The van der Waals surface area contributed by atoms with Gasteiger partial charge >= 0.3 is 0 Å². The zero-order chi connectivity index (χ0) is 9.42. The second kappa shape index (κ2) is 3.33. The number of thiol groups is 1. The van der Waals surface area contributed by atoms with Crippen molar-refractivity contribution in [1.29, 1.82) is 5.26 Å². The molecule has 0 bridgehead atoms. The van der Waals surface area contributed by atoms with Gasteiger partial charge in [-0.1, -0.05) is 0 Å². The van der Waals surface area contributed by atoms with Crippen molar-refractivity contribution in [3.05, 3.63) is 27.5 Å². The van der Waals surface area contributed by atoms with Crippen molar-refractivity contribution in [1.82, 2.24) is 0 Å². The highest BCUT2D eigenvalue weighted by Crippen LogP contribution is 2.35. The molecule has 1 nitrogen and oxygen atoms in total. The molecule has 0 N–H and O–H groups in total. The molecule has 0 amide bonds. The van der Waals surface area contributed by atoms with E-state index >= 15 is 0 Å². The fourth-order valence-corrected chi connectivity index (χ4v) is 2.79. The van der Waals surface area contributed by atoms with E-state index in [-0.39, 0.29) is 0 Å². The highest BCUT2D eigenvalue weighted by Gasteiger charge is 2.08. The van der Waals surface area contributed by atoms with Crippen LogP contribution in [0.4, 0.5) is 0 Å². The monoisotopic (exact) mass is 269 g/mol. The Bertz CT molecular complexity index is 510. The van der Waals surface area contributed by atoms with Gasteiger partial charge in [0.15, 0.2) is 0 Å². The number of thiophene rings is 1. The van der Waals surface area contributed by atoms with Crippen molar-refractivity contribution in [3.63, 3.8) is 0 Å². The Morgan fingerprint density at radius 3 is 3.00 bits per heavy atom. The molecule has 0 aliphatic carbocycles. The molecule has 0 unspecified atom stereocenters. The molecule has 2 aromatic rings. The van der Waals surface area contributed by atoms with Crippen LogP contribution >= 0.6 is 39.9 Å². The summed E-state index contributed by atoms with van der Waals surface area (Å²) in [6, 6.07) is 6.02. The van der Waals surface area contributed by atoms with E-state index < -0.39 is 0 Å². The van der Waals surface area contributed by atoms with Crippen LogP contribution in [-0.4, -0.2) is 0 Å². The highest BCUT2D eigenvalue weighted by molar-refractivity contribution is 9.10. The molecule has 0 aliphatic heterocycles. The molecule has 64 valence electrons. The number of nitriles is 1. The van der Waals surface area contributed by atoms with Crippen LogP contribution in [0, 0.1) is 11.3 Å². The molecule has 1 aromatic heterocycles. The lowest BCUT2D eigenvalue weighted by molar-refractivity contribution is 1.42. The van der Waals surface area contributed by atoms with Crippen LogP contribution in [-0.2, 0) is 0 Å². The van der Waals surface area contributed by atoms with Crippen LogP contribution in [0.5, 0.6) is 0 Å². The number of halogens is 1. The average molecular weight is 270 g/mol. The predicted molar refractivity (Wildman–Crippen MR) is 61.5 cm³/mol. The lowest BCUT2D eigenvalue weighted by Gasteiger charge is -2.00. The van der Waals surface area contributed by atoms with E-state index in [1.54, 1.807) is 11.3 Å². The Kier molecular flexibility index (Phi) is 2.33. The Morgan fingerprint density at radius 2 is 2.31 bits per heavy atom. The Labute approximate surface area is 93.5 Å². The molecule has 0 radical (unpaired) electrons. The number of fused-ring (bicyclic) bond motifs is 1. The normalized spacial score (nSPS) is 10.2. The van der Waals surface area contributed by atoms with Crippen molar-refractivity contribution in [2.45, 2.75) is 4.90 Å². The second-order valence-corrected chi connectivity index (χ2v) is 4.72. The van der Waals surface area contributed by atoms with E-state index in [2.05, 4.69) is 34.6 Å². The number of hydrogen-bond donors (Lipinski definition) is 1. The third-order valence-corrected chi connectivity index (χ3v) is 4.25. The zero-order valence-corrected chi connectivity index (χ0v) is 9.71. The fraction of sp³-hybridized carbons (Fsp3) is 0. The van der Waals surface area contributed by atoms with Gasteiger partial charge in [0.05, 0.1) is 5.56 Å². The minimum absolute atomic E-state index is 0.639.